The number of rotatable bonds is 3. The van der Waals surface area contributed by atoms with Crippen LogP contribution in [0.4, 0.5) is 4.79 Å². The highest BCUT2D eigenvalue weighted by atomic mass is 16.4. The van der Waals surface area contributed by atoms with Crippen LogP contribution in [0.25, 0.3) is 0 Å². The van der Waals surface area contributed by atoms with Crippen LogP contribution in [0, 0.1) is 17.2 Å². The van der Waals surface area contributed by atoms with E-state index in [-0.39, 0.29) is 5.92 Å². The maximum atomic E-state index is 11.2. The normalized spacial score (nSPS) is 15.7. The van der Waals surface area contributed by atoms with E-state index in [1.54, 1.807) is 0 Å². The molecule has 1 fully saturated rings. The van der Waals surface area contributed by atoms with Gasteiger partial charge < -0.3 is 10.0 Å². The summed E-state index contributed by atoms with van der Waals surface area (Å²) in [6.07, 6.45) is 0.489. The molecule has 24 heavy (non-hydrogen) atoms. The summed E-state index contributed by atoms with van der Waals surface area (Å²) in [5.74, 6) is 0.0860. The van der Waals surface area contributed by atoms with Crippen LogP contribution in [0.5, 0.6) is 0 Å². The van der Waals surface area contributed by atoms with Crippen LogP contribution < -0.4 is 0 Å². The summed E-state index contributed by atoms with van der Waals surface area (Å²) in [5.41, 5.74) is 1.22. The van der Waals surface area contributed by atoms with Gasteiger partial charge in [0, 0.05) is 13.1 Å². The fourth-order valence-corrected chi connectivity index (χ4v) is 3.76. The summed E-state index contributed by atoms with van der Waals surface area (Å²) in [5, 5.41) is 19.4. The lowest BCUT2D eigenvalue weighted by Crippen LogP contribution is -2.45. The largest absolute Gasteiger partial charge is 0.465 e. The number of hydrogen-bond donors (Lipinski definition) is 1. The number of likely N-dealkylation sites (tertiary alicyclic amines) is 1. The molecule has 0 atom stereocenters. The van der Waals surface area contributed by atoms with Gasteiger partial charge in [-0.3, -0.25) is 0 Å². The van der Waals surface area contributed by atoms with E-state index in [4.69, 9.17) is 0 Å². The Labute approximate surface area is 142 Å². The van der Waals surface area contributed by atoms with Crippen LogP contribution in [0.2, 0.25) is 0 Å². The topological polar surface area (TPSA) is 64.3 Å². The summed E-state index contributed by atoms with van der Waals surface area (Å²) < 4.78 is 0. The highest BCUT2D eigenvalue weighted by molar-refractivity contribution is 5.65. The number of nitriles is 1. The number of piperidine rings is 1. The second kappa shape index (κ2) is 6.76. The molecule has 0 unspecified atom stereocenters. The molecule has 0 aliphatic carbocycles. The molecule has 0 aromatic heterocycles. The van der Waals surface area contributed by atoms with Gasteiger partial charge in [0.2, 0.25) is 0 Å². The van der Waals surface area contributed by atoms with Crippen molar-refractivity contribution in [3.63, 3.8) is 0 Å². The molecule has 1 amide bonds. The zero-order valence-electron chi connectivity index (χ0n) is 13.4. The van der Waals surface area contributed by atoms with Gasteiger partial charge >= 0.3 is 6.09 Å². The second-order valence-electron chi connectivity index (χ2n) is 6.20. The van der Waals surface area contributed by atoms with Crippen molar-refractivity contribution in [1.82, 2.24) is 4.90 Å². The molecule has 2 aromatic rings. The van der Waals surface area contributed by atoms with Gasteiger partial charge in [0.1, 0.15) is 5.41 Å². The highest BCUT2D eigenvalue weighted by Crippen LogP contribution is 2.43. The maximum absolute atomic E-state index is 11.2. The Kier molecular flexibility index (Phi) is 4.52. The molecular weight excluding hydrogens is 300 g/mol. The monoisotopic (exact) mass is 320 g/mol. The molecule has 122 valence electrons. The van der Waals surface area contributed by atoms with Gasteiger partial charge in [-0.1, -0.05) is 60.7 Å². The van der Waals surface area contributed by atoms with Crippen molar-refractivity contribution in [3.05, 3.63) is 71.8 Å². The van der Waals surface area contributed by atoms with Gasteiger partial charge in [-0.25, -0.2) is 4.79 Å². The van der Waals surface area contributed by atoms with E-state index >= 15 is 0 Å². The van der Waals surface area contributed by atoms with E-state index in [0.717, 1.165) is 11.1 Å². The van der Waals surface area contributed by atoms with E-state index in [1.165, 1.54) is 4.90 Å². The van der Waals surface area contributed by atoms with Crippen LogP contribution in [-0.4, -0.2) is 29.2 Å². The fraction of sp³-hybridized carbons (Fsp3) is 0.300. The maximum Gasteiger partial charge on any atom is 0.407 e. The summed E-state index contributed by atoms with van der Waals surface area (Å²) in [6.45, 7) is 0.951. The number of carbonyl (C=O) groups is 1. The van der Waals surface area contributed by atoms with E-state index in [0.29, 0.717) is 25.9 Å². The molecule has 0 bridgehead atoms. The smallest absolute Gasteiger partial charge is 0.407 e. The number of carboxylic acid groups (broad SMARTS) is 1. The first-order valence-electron chi connectivity index (χ1n) is 8.18. The predicted molar refractivity (Wildman–Crippen MR) is 91.6 cm³/mol. The minimum Gasteiger partial charge on any atom is -0.465 e. The molecular formula is C20H20N2O2. The molecule has 1 aliphatic heterocycles. The van der Waals surface area contributed by atoms with E-state index in [1.807, 2.05) is 60.7 Å². The molecule has 4 heteroatoms. The van der Waals surface area contributed by atoms with Crippen molar-refractivity contribution < 1.29 is 9.90 Å². The first-order chi connectivity index (χ1) is 11.7. The van der Waals surface area contributed by atoms with Gasteiger partial charge in [-0.2, -0.15) is 5.26 Å². The summed E-state index contributed by atoms with van der Waals surface area (Å²) in [7, 11) is 0. The zero-order valence-corrected chi connectivity index (χ0v) is 13.4. The Morgan fingerprint density at radius 2 is 1.46 bits per heavy atom. The van der Waals surface area contributed by atoms with E-state index in [9.17, 15) is 15.2 Å². The second-order valence-corrected chi connectivity index (χ2v) is 6.20. The van der Waals surface area contributed by atoms with Crippen molar-refractivity contribution >= 4 is 6.09 Å². The number of hydrogen-bond acceptors (Lipinski definition) is 2. The molecule has 0 saturated carbocycles. The Bertz CT molecular complexity index is 690. The summed E-state index contributed by atoms with van der Waals surface area (Å²) >= 11 is 0. The third-order valence-corrected chi connectivity index (χ3v) is 5.01. The van der Waals surface area contributed by atoms with Gasteiger partial charge in [0.15, 0.2) is 0 Å². The highest BCUT2D eigenvalue weighted by Gasteiger charge is 2.44. The van der Waals surface area contributed by atoms with Gasteiger partial charge in [0.05, 0.1) is 6.07 Å². The molecule has 2 aromatic carbocycles. The fourth-order valence-electron chi connectivity index (χ4n) is 3.76. The molecule has 1 N–H and O–H groups in total. The van der Waals surface area contributed by atoms with Crippen LogP contribution in [-0.2, 0) is 5.41 Å². The molecule has 0 radical (unpaired) electrons. The lowest BCUT2D eigenvalue weighted by molar-refractivity contribution is 0.117. The first kappa shape index (κ1) is 16.1. The zero-order chi connectivity index (χ0) is 17.0. The number of benzene rings is 2. The molecule has 4 nitrogen and oxygen atoms in total. The Morgan fingerprint density at radius 1 is 1.00 bits per heavy atom. The Balaban J connectivity index is 2.04. The molecule has 1 aliphatic rings. The third kappa shape index (κ3) is 2.74. The first-order valence-corrected chi connectivity index (χ1v) is 8.18. The van der Waals surface area contributed by atoms with Crippen LogP contribution in [0.15, 0.2) is 60.7 Å². The number of nitrogens with zero attached hydrogens (tertiary/aromatic N) is 2. The minimum absolute atomic E-state index is 0.0860. The van der Waals surface area contributed by atoms with Crippen LogP contribution in [0.1, 0.15) is 24.0 Å². The van der Waals surface area contributed by atoms with E-state index < -0.39 is 11.5 Å². The van der Waals surface area contributed by atoms with Gasteiger partial charge in [-0.15, -0.1) is 0 Å². The van der Waals surface area contributed by atoms with Crippen LogP contribution >= 0.6 is 0 Å². The number of amides is 1. The SMILES string of the molecule is N#CC(c1ccccc1)(c1ccccc1)C1CCN(C(=O)O)CC1. The van der Waals surface area contributed by atoms with Crippen molar-refractivity contribution in [2.24, 2.45) is 5.92 Å². The standard InChI is InChI=1S/C20H20N2O2/c21-15-20(16-7-3-1-4-8-16,17-9-5-2-6-10-17)18-11-13-22(14-12-18)19(23)24/h1-10,18H,11-14H2,(H,23,24). The van der Waals surface area contributed by atoms with Crippen molar-refractivity contribution in [2.75, 3.05) is 13.1 Å². The Morgan fingerprint density at radius 3 is 1.83 bits per heavy atom. The molecule has 3 rings (SSSR count). The molecule has 1 heterocycles. The minimum atomic E-state index is -0.879. The van der Waals surface area contributed by atoms with Crippen LogP contribution in [0.3, 0.4) is 0 Å². The van der Waals surface area contributed by atoms with Crippen molar-refractivity contribution in [1.29, 1.82) is 5.26 Å². The van der Waals surface area contributed by atoms with E-state index in [2.05, 4.69) is 6.07 Å². The quantitative estimate of drug-likeness (QED) is 0.933. The summed E-state index contributed by atoms with van der Waals surface area (Å²) in [4.78, 5) is 12.6. The van der Waals surface area contributed by atoms with Gasteiger partial charge in [-0.05, 0) is 29.9 Å². The summed E-state index contributed by atoms with van der Waals surface area (Å²) in [6, 6.07) is 22.3. The lowest BCUT2D eigenvalue weighted by atomic mass is 9.64. The molecule has 1 saturated heterocycles. The average molecular weight is 320 g/mol. The van der Waals surface area contributed by atoms with Crippen molar-refractivity contribution in [2.45, 2.75) is 18.3 Å². The van der Waals surface area contributed by atoms with Gasteiger partial charge in [0.25, 0.3) is 0 Å². The molecule has 0 spiro atoms. The average Bonchev–Trinajstić information content (AvgIpc) is 2.65. The Hall–Kier alpha value is -2.80. The lowest BCUT2D eigenvalue weighted by Gasteiger charge is -2.40. The third-order valence-electron chi connectivity index (χ3n) is 5.01. The predicted octanol–water partition coefficient (Wildman–Crippen LogP) is 3.89. The van der Waals surface area contributed by atoms with Crippen molar-refractivity contribution in [3.8, 4) is 6.07 Å².